The maximum Gasteiger partial charge on any atom is 0.259 e. The van der Waals surface area contributed by atoms with Crippen LogP contribution in [0.5, 0.6) is 11.5 Å². The summed E-state index contributed by atoms with van der Waals surface area (Å²) in [6.45, 7) is 4.30. The predicted molar refractivity (Wildman–Crippen MR) is 126 cm³/mol. The van der Waals surface area contributed by atoms with E-state index in [9.17, 15) is 4.79 Å². The fraction of sp³-hybridized carbons (Fsp3) is 0.400. The molecular formula is C25H28ClN3O3. The summed E-state index contributed by atoms with van der Waals surface area (Å²) in [4.78, 5) is 17.5. The third-order valence-electron chi connectivity index (χ3n) is 6.51. The van der Waals surface area contributed by atoms with Gasteiger partial charge in [-0.1, -0.05) is 18.0 Å². The number of ether oxygens (including phenoxy) is 2. The highest BCUT2D eigenvalue weighted by atomic mass is 35.5. The van der Waals surface area contributed by atoms with Crippen LogP contribution >= 0.6 is 11.6 Å². The summed E-state index contributed by atoms with van der Waals surface area (Å²) in [7, 11) is 3.60. The molecule has 6 nitrogen and oxygen atoms in total. The van der Waals surface area contributed by atoms with Crippen molar-refractivity contribution in [3.05, 3.63) is 52.7 Å². The average Bonchev–Trinajstić information content (AvgIpc) is 3.30. The Morgan fingerprint density at radius 2 is 1.88 bits per heavy atom. The molecule has 0 unspecified atom stereocenters. The van der Waals surface area contributed by atoms with E-state index in [-0.39, 0.29) is 5.91 Å². The fourth-order valence-electron chi connectivity index (χ4n) is 4.92. The minimum Gasteiger partial charge on any atom is -0.493 e. The number of rotatable bonds is 6. The zero-order valence-electron chi connectivity index (χ0n) is 18.6. The second-order valence-corrected chi connectivity index (χ2v) is 9.02. The summed E-state index contributed by atoms with van der Waals surface area (Å²) in [6.07, 6.45) is 5.72. The molecule has 3 heterocycles. The van der Waals surface area contributed by atoms with Crippen LogP contribution in [0.25, 0.3) is 11.3 Å². The molecule has 0 spiro atoms. The zero-order valence-corrected chi connectivity index (χ0v) is 19.3. The Balaban J connectivity index is 1.37. The van der Waals surface area contributed by atoms with Gasteiger partial charge in [0.25, 0.3) is 5.91 Å². The van der Waals surface area contributed by atoms with E-state index in [1.807, 2.05) is 48.1 Å². The molecule has 5 rings (SSSR count). The maximum atomic E-state index is 13.3. The number of nitrogens with zero attached hydrogens (tertiary/aromatic N) is 3. The third-order valence-corrected chi connectivity index (χ3v) is 6.72. The number of anilines is 1. The first-order valence-corrected chi connectivity index (χ1v) is 11.6. The minimum atomic E-state index is -0.00300. The summed E-state index contributed by atoms with van der Waals surface area (Å²) >= 11 is 6.20. The van der Waals surface area contributed by atoms with Gasteiger partial charge in [0.2, 0.25) is 0 Å². The van der Waals surface area contributed by atoms with Gasteiger partial charge < -0.3 is 18.9 Å². The fourth-order valence-corrected chi connectivity index (χ4v) is 5.19. The molecule has 1 saturated heterocycles. The van der Waals surface area contributed by atoms with Crippen LogP contribution in [0, 0.1) is 0 Å². The Kier molecular flexibility index (Phi) is 5.74. The molecule has 3 aliphatic heterocycles. The van der Waals surface area contributed by atoms with E-state index in [0.29, 0.717) is 29.7 Å². The Morgan fingerprint density at radius 3 is 2.66 bits per heavy atom. The number of halogens is 1. The van der Waals surface area contributed by atoms with Crippen LogP contribution in [0.1, 0.15) is 35.2 Å². The number of likely N-dealkylation sites (tertiary alicyclic amines) is 1. The van der Waals surface area contributed by atoms with Crippen molar-refractivity contribution in [2.45, 2.75) is 25.8 Å². The van der Waals surface area contributed by atoms with Crippen molar-refractivity contribution < 1.29 is 14.3 Å². The molecule has 1 aromatic rings. The van der Waals surface area contributed by atoms with Gasteiger partial charge in [0, 0.05) is 48.2 Å². The summed E-state index contributed by atoms with van der Waals surface area (Å²) in [5.74, 6) is 1.35. The predicted octanol–water partition coefficient (Wildman–Crippen LogP) is 4.82. The molecule has 1 amide bonds. The normalized spacial score (nSPS) is 16.6. The van der Waals surface area contributed by atoms with Crippen molar-refractivity contribution >= 4 is 23.2 Å². The number of hydrogen-bond donors (Lipinski definition) is 0. The average molecular weight is 454 g/mol. The second-order valence-electron chi connectivity index (χ2n) is 8.59. The van der Waals surface area contributed by atoms with Crippen LogP contribution in [-0.2, 0) is 13.6 Å². The van der Waals surface area contributed by atoms with Crippen molar-refractivity contribution in [1.82, 2.24) is 9.47 Å². The van der Waals surface area contributed by atoms with Gasteiger partial charge in [-0.05, 0) is 50.2 Å². The standard InChI is InChI=1S/C25H28ClN3O3/c1-27-15-18(26)12-17-13-20-21(24(17)27)16-29(25(20)30)19-6-7-22(31-2)23(14-19)32-11-10-28-8-4-3-5-9-28/h6-7,12-15H,3-5,8-11,16H2,1-2H3. The monoisotopic (exact) mass is 453 g/mol. The van der Waals surface area contributed by atoms with E-state index < -0.39 is 0 Å². The molecule has 0 radical (unpaired) electrons. The van der Waals surface area contributed by atoms with Crippen molar-refractivity contribution in [3.8, 4) is 22.8 Å². The SMILES string of the molecule is COc1ccc(N2Cc3c(cc4cc(Cl)cn(C)c3-4)C2=O)cc1OCCN1CCCCC1. The van der Waals surface area contributed by atoms with E-state index >= 15 is 0 Å². The lowest BCUT2D eigenvalue weighted by molar-refractivity contribution is 0.0996. The third kappa shape index (κ3) is 3.82. The molecule has 0 aromatic heterocycles. The number of pyridine rings is 1. The van der Waals surface area contributed by atoms with Crippen LogP contribution < -0.4 is 14.4 Å². The molecule has 1 aliphatic carbocycles. The van der Waals surface area contributed by atoms with Crippen molar-refractivity contribution in [1.29, 1.82) is 0 Å². The molecule has 7 heteroatoms. The molecule has 1 fully saturated rings. The highest BCUT2D eigenvalue weighted by molar-refractivity contribution is 6.31. The van der Waals surface area contributed by atoms with Gasteiger partial charge in [0.1, 0.15) is 6.61 Å². The number of carbonyl (C=O) groups excluding carboxylic acids is 1. The lowest BCUT2D eigenvalue weighted by Crippen LogP contribution is -2.33. The molecule has 0 bridgehead atoms. The Bertz CT molecular complexity index is 1120. The number of hydrogen-bond acceptors (Lipinski definition) is 4. The number of methoxy groups -OCH3 is 1. The van der Waals surface area contributed by atoms with Crippen LogP contribution in [0.15, 0.2) is 36.5 Å². The first kappa shape index (κ1) is 21.2. The van der Waals surface area contributed by atoms with Crippen molar-refractivity contribution in [2.75, 3.05) is 38.3 Å². The van der Waals surface area contributed by atoms with E-state index in [0.717, 1.165) is 47.7 Å². The smallest absolute Gasteiger partial charge is 0.259 e. The molecule has 1 aromatic carbocycles. The van der Waals surface area contributed by atoms with E-state index in [4.69, 9.17) is 21.1 Å². The number of aromatic nitrogens is 1. The Morgan fingerprint density at radius 1 is 1.06 bits per heavy atom. The zero-order chi connectivity index (χ0) is 22.2. The van der Waals surface area contributed by atoms with Crippen LogP contribution in [-0.4, -0.2) is 48.7 Å². The minimum absolute atomic E-state index is 0.00300. The molecule has 0 atom stereocenters. The lowest BCUT2D eigenvalue weighted by atomic mass is 10.1. The summed E-state index contributed by atoms with van der Waals surface area (Å²) in [6, 6.07) is 9.56. The second kappa shape index (κ2) is 8.68. The molecule has 168 valence electrons. The number of carbonyl (C=O) groups is 1. The van der Waals surface area contributed by atoms with Crippen LogP contribution in [0.4, 0.5) is 5.69 Å². The molecule has 0 saturated carbocycles. The Labute approximate surface area is 193 Å². The summed E-state index contributed by atoms with van der Waals surface area (Å²) in [5.41, 5.74) is 4.62. The topological polar surface area (TPSA) is 46.9 Å². The van der Waals surface area contributed by atoms with Gasteiger partial charge in [0.15, 0.2) is 11.5 Å². The van der Waals surface area contributed by atoms with E-state index in [1.54, 1.807) is 12.0 Å². The molecular weight excluding hydrogens is 426 g/mol. The summed E-state index contributed by atoms with van der Waals surface area (Å²) < 4.78 is 13.6. The van der Waals surface area contributed by atoms with Crippen LogP contribution in [0.2, 0.25) is 5.02 Å². The van der Waals surface area contributed by atoms with Gasteiger partial charge in [-0.3, -0.25) is 9.69 Å². The first-order chi connectivity index (χ1) is 15.5. The van der Waals surface area contributed by atoms with E-state index in [1.165, 1.54) is 19.3 Å². The van der Waals surface area contributed by atoms with Gasteiger partial charge in [-0.25, -0.2) is 0 Å². The van der Waals surface area contributed by atoms with Crippen LogP contribution in [0.3, 0.4) is 0 Å². The first-order valence-electron chi connectivity index (χ1n) is 11.2. The van der Waals surface area contributed by atoms with Gasteiger partial charge in [0.05, 0.1) is 24.4 Å². The Hall–Kier alpha value is -2.70. The summed E-state index contributed by atoms with van der Waals surface area (Å²) in [5, 5.41) is 0.662. The number of benzene rings is 1. The quantitative estimate of drug-likeness (QED) is 0.537. The van der Waals surface area contributed by atoms with Gasteiger partial charge >= 0.3 is 0 Å². The lowest BCUT2D eigenvalue weighted by Gasteiger charge is -2.26. The highest BCUT2D eigenvalue weighted by Gasteiger charge is 2.34. The van der Waals surface area contributed by atoms with Gasteiger partial charge in [-0.15, -0.1) is 0 Å². The number of piperidine rings is 1. The molecule has 0 N–H and O–H groups in total. The molecule has 4 aliphatic rings. The largest absolute Gasteiger partial charge is 0.493 e. The molecule has 32 heavy (non-hydrogen) atoms. The number of amides is 1. The van der Waals surface area contributed by atoms with Gasteiger partial charge in [-0.2, -0.15) is 0 Å². The highest BCUT2D eigenvalue weighted by Crippen LogP contribution is 2.41. The number of fused-ring (bicyclic) bond motifs is 3. The maximum absolute atomic E-state index is 13.3. The van der Waals surface area contributed by atoms with Crippen molar-refractivity contribution in [3.63, 3.8) is 0 Å². The number of aryl methyl sites for hydroxylation is 1. The van der Waals surface area contributed by atoms with Crippen molar-refractivity contribution in [2.24, 2.45) is 7.05 Å². The van der Waals surface area contributed by atoms with E-state index in [2.05, 4.69) is 4.90 Å².